The Hall–Kier alpha value is -0.810. The Bertz CT molecular complexity index is 470. The van der Waals surface area contributed by atoms with Gasteiger partial charge in [0.2, 0.25) is 0 Å². The van der Waals surface area contributed by atoms with Crippen LogP contribution in [0.3, 0.4) is 0 Å². The quantitative estimate of drug-likeness (QED) is 0.185. The van der Waals surface area contributed by atoms with E-state index in [9.17, 15) is 4.79 Å². The fourth-order valence-electron chi connectivity index (χ4n) is 2.95. The summed E-state index contributed by atoms with van der Waals surface area (Å²) in [5, 5.41) is 9.44. The molecule has 1 heterocycles. The number of carbonyl (C=O) groups is 1. The standard InChI is InChI=1S/C20H42N6O2.HI/c1-6-21-18(22-10-7-11-24-19(27)28-20(2,3)4)23-12-8-14-26-15-9-13-25(5)16-17-26;/h6-17H2,1-5H3,(H,24,27)(H2,21,22,23);1H. The summed E-state index contributed by atoms with van der Waals surface area (Å²) in [6, 6.07) is 0. The number of ether oxygens (including phenoxy) is 1. The van der Waals surface area contributed by atoms with Crippen molar-refractivity contribution >= 4 is 36.0 Å². The minimum Gasteiger partial charge on any atom is -0.444 e. The highest BCUT2D eigenvalue weighted by molar-refractivity contribution is 14.0. The Balaban J connectivity index is 0.00000784. The smallest absolute Gasteiger partial charge is 0.407 e. The van der Waals surface area contributed by atoms with Gasteiger partial charge in [-0.3, -0.25) is 4.99 Å². The number of nitrogens with zero attached hydrogens (tertiary/aromatic N) is 3. The number of amides is 1. The van der Waals surface area contributed by atoms with E-state index < -0.39 is 5.60 Å². The second-order valence-electron chi connectivity index (χ2n) is 8.32. The van der Waals surface area contributed by atoms with Gasteiger partial charge in [0.1, 0.15) is 5.60 Å². The number of aliphatic imine (C=N–C) groups is 1. The number of halogens is 1. The van der Waals surface area contributed by atoms with Crippen molar-refractivity contribution in [2.75, 3.05) is 66.0 Å². The molecule has 8 nitrogen and oxygen atoms in total. The average Bonchev–Trinajstić information content (AvgIpc) is 2.81. The molecule has 1 saturated heterocycles. The highest BCUT2D eigenvalue weighted by Crippen LogP contribution is 2.06. The number of nitrogens with one attached hydrogen (secondary N) is 3. The molecule has 0 spiro atoms. The van der Waals surface area contributed by atoms with Crippen LogP contribution in [0, 0.1) is 0 Å². The summed E-state index contributed by atoms with van der Waals surface area (Å²) < 4.78 is 5.22. The molecule has 0 unspecified atom stereocenters. The van der Waals surface area contributed by atoms with Crippen molar-refractivity contribution in [3.05, 3.63) is 0 Å². The molecule has 0 radical (unpaired) electrons. The normalized spacial score (nSPS) is 16.5. The third-order valence-electron chi connectivity index (χ3n) is 4.37. The van der Waals surface area contributed by atoms with E-state index in [1.807, 2.05) is 20.8 Å². The van der Waals surface area contributed by atoms with E-state index in [0.717, 1.165) is 51.5 Å². The molecule has 1 rings (SSSR count). The maximum Gasteiger partial charge on any atom is 0.407 e. The third-order valence-corrected chi connectivity index (χ3v) is 4.37. The summed E-state index contributed by atoms with van der Waals surface area (Å²) in [6.07, 6.45) is 2.76. The van der Waals surface area contributed by atoms with Crippen LogP contribution in [-0.4, -0.2) is 93.4 Å². The van der Waals surface area contributed by atoms with Crippen molar-refractivity contribution in [2.24, 2.45) is 4.99 Å². The second kappa shape index (κ2) is 16.0. The Morgan fingerprint density at radius 2 is 1.76 bits per heavy atom. The third kappa shape index (κ3) is 15.7. The van der Waals surface area contributed by atoms with Crippen LogP contribution in [0.5, 0.6) is 0 Å². The number of hydrogen-bond donors (Lipinski definition) is 3. The van der Waals surface area contributed by atoms with Gasteiger partial charge >= 0.3 is 6.09 Å². The lowest BCUT2D eigenvalue weighted by Crippen LogP contribution is -2.39. The van der Waals surface area contributed by atoms with Crippen LogP contribution in [0.2, 0.25) is 0 Å². The zero-order chi connectivity index (χ0) is 20.8. The molecule has 0 saturated carbocycles. The summed E-state index contributed by atoms with van der Waals surface area (Å²) >= 11 is 0. The zero-order valence-corrected chi connectivity index (χ0v) is 21.4. The first-order chi connectivity index (χ1) is 13.3. The molecule has 0 bridgehead atoms. The predicted molar refractivity (Wildman–Crippen MR) is 131 cm³/mol. The van der Waals surface area contributed by atoms with E-state index in [4.69, 9.17) is 4.74 Å². The van der Waals surface area contributed by atoms with Gasteiger partial charge in [0.05, 0.1) is 0 Å². The second-order valence-corrected chi connectivity index (χ2v) is 8.32. The van der Waals surface area contributed by atoms with E-state index in [1.165, 1.54) is 19.5 Å². The predicted octanol–water partition coefficient (Wildman–Crippen LogP) is 2.10. The Morgan fingerprint density at radius 1 is 1.03 bits per heavy atom. The minimum absolute atomic E-state index is 0. The fraction of sp³-hybridized carbons (Fsp3) is 0.900. The van der Waals surface area contributed by atoms with E-state index in [0.29, 0.717) is 13.1 Å². The lowest BCUT2D eigenvalue weighted by atomic mass is 10.2. The van der Waals surface area contributed by atoms with Crippen molar-refractivity contribution < 1.29 is 9.53 Å². The number of alkyl carbamates (subject to hydrolysis) is 1. The highest BCUT2D eigenvalue weighted by atomic mass is 127. The van der Waals surface area contributed by atoms with Gasteiger partial charge in [-0.1, -0.05) is 0 Å². The van der Waals surface area contributed by atoms with Gasteiger partial charge in [-0.15, -0.1) is 24.0 Å². The van der Waals surface area contributed by atoms with Gasteiger partial charge in [-0.2, -0.15) is 0 Å². The van der Waals surface area contributed by atoms with Crippen molar-refractivity contribution in [3.63, 3.8) is 0 Å². The first kappa shape index (κ1) is 28.2. The molecule has 3 N–H and O–H groups in total. The molecule has 29 heavy (non-hydrogen) atoms. The average molecular weight is 527 g/mol. The van der Waals surface area contributed by atoms with Crippen molar-refractivity contribution in [1.29, 1.82) is 0 Å². The topological polar surface area (TPSA) is 81.2 Å². The number of rotatable bonds is 9. The van der Waals surface area contributed by atoms with Crippen LogP contribution in [0.25, 0.3) is 0 Å². The van der Waals surface area contributed by atoms with E-state index in [1.54, 1.807) is 0 Å². The highest BCUT2D eigenvalue weighted by Gasteiger charge is 2.15. The minimum atomic E-state index is -0.465. The largest absolute Gasteiger partial charge is 0.444 e. The molecule has 0 aromatic rings. The van der Waals surface area contributed by atoms with Crippen molar-refractivity contribution in [3.8, 4) is 0 Å². The molecular weight excluding hydrogens is 483 g/mol. The van der Waals surface area contributed by atoms with Crippen LogP contribution in [0.15, 0.2) is 4.99 Å². The van der Waals surface area contributed by atoms with Gasteiger partial charge in [0.15, 0.2) is 5.96 Å². The number of likely N-dealkylation sites (N-methyl/N-ethyl adjacent to an activating group) is 1. The summed E-state index contributed by atoms with van der Waals surface area (Å²) in [7, 11) is 2.20. The van der Waals surface area contributed by atoms with Crippen LogP contribution in [0.1, 0.15) is 47.0 Å². The number of carbonyl (C=O) groups excluding carboxylic acids is 1. The lowest BCUT2D eigenvalue weighted by molar-refractivity contribution is 0.0527. The van der Waals surface area contributed by atoms with Gasteiger partial charge in [0.25, 0.3) is 0 Å². The molecule has 1 aliphatic heterocycles. The Kier molecular flexibility index (Phi) is 15.5. The van der Waals surface area contributed by atoms with E-state index in [-0.39, 0.29) is 30.1 Å². The molecule has 0 aromatic heterocycles. The Labute approximate surface area is 194 Å². The zero-order valence-electron chi connectivity index (χ0n) is 19.1. The molecule has 0 aromatic carbocycles. The first-order valence-corrected chi connectivity index (χ1v) is 10.7. The SMILES string of the molecule is CCNC(=NCCCNC(=O)OC(C)(C)C)NCCCN1CCCN(C)CC1.I. The van der Waals surface area contributed by atoms with Crippen molar-refractivity contribution in [1.82, 2.24) is 25.8 Å². The van der Waals surface area contributed by atoms with Gasteiger partial charge in [0, 0.05) is 39.3 Å². The summed E-state index contributed by atoms with van der Waals surface area (Å²) in [5.74, 6) is 0.843. The maximum atomic E-state index is 11.6. The summed E-state index contributed by atoms with van der Waals surface area (Å²) in [6.45, 7) is 16.4. The van der Waals surface area contributed by atoms with E-state index >= 15 is 0 Å². The molecule has 1 fully saturated rings. The number of hydrogen-bond acceptors (Lipinski definition) is 5. The molecule has 172 valence electrons. The lowest BCUT2D eigenvalue weighted by Gasteiger charge is -2.20. The molecule has 0 aliphatic carbocycles. The number of guanidine groups is 1. The molecule has 0 atom stereocenters. The Morgan fingerprint density at radius 3 is 2.45 bits per heavy atom. The van der Waals surface area contributed by atoms with Crippen LogP contribution >= 0.6 is 24.0 Å². The first-order valence-electron chi connectivity index (χ1n) is 10.7. The van der Waals surface area contributed by atoms with Crippen LogP contribution in [-0.2, 0) is 4.74 Å². The van der Waals surface area contributed by atoms with E-state index in [2.05, 4.69) is 44.7 Å². The molecule has 1 amide bonds. The van der Waals surface area contributed by atoms with Crippen LogP contribution < -0.4 is 16.0 Å². The van der Waals surface area contributed by atoms with Crippen molar-refractivity contribution in [2.45, 2.75) is 52.6 Å². The fourth-order valence-corrected chi connectivity index (χ4v) is 2.95. The maximum absolute atomic E-state index is 11.6. The molecular formula is C20H43IN6O2. The van der Waals surface area contributed by atoms with Gasteiger partial charge in [-0.05, 0) is 73.6 Å². The van der Waals surface area contributed by atoms with Gasteiger partial charge in [-0.25, -0.2) is 4.79 Å². The van der Waals surface area contributed by atoms with Gasteiger partial charge < -0.3 is 30.5 Å². The summed E-state index contributed by atoms with van der Waals surface area (Å²) in [5.41, 5.74) is -0.465. The monoisotopic (exact) mass is 526 g/mol. The van der Waals surface area contributed by atoms with Crippen LogP contribution in [0.4, 0.5) is 4.79 Å². The molecule has 1 aliphatic rings. The summed E-state index contributed by atoms with van der Waals surface area (Å²) in [4.78, 5) is 21.1. The molecule has 9 heteroatoms.